The number of furan rings is 1. The molecule has 0 radical (unpaired) electrons. The van der Waals surface area contributed by atoms with Gasteiger partial charge in [0.05, 0.1) is 0 Å². The largest absolute Gasteiger partial charge is 0.461 e. The smallest absolute Gasteiger partial charge is 0.135 e. The quantitative estimate of drug-likeness (QED) is 0.933. The van der Waals surface area contributed by atoms with Gasteiger partial charge in [-0.15, -0.1) is 0 Å². The summed E-state index contributed by atoms with van der Waals surface area (Å²) >= 11 is 3.51. The maximum atomic E-state index is 5.75. The van der Waals surface area contributed by atoms with Crippen LogP contribution in [0.5, 0.6) is 0 Å². The fraction of sp³-hybridized carbons (Fsp3) is 0.231. The number of nitrogens with two attached hydrogens (primary N) is 1. The molecule has 0 fully saturated rings. The van der Waals surface area contributed by atoms with E-state index in [1.165, 1.54) is 0 Å². The molecule has 1 atom stereocenters. The van der Waals surface area contributed by atoms with Crippen LogP contribution in [0.2, 0.25) is 0 Å². The van der Waals surface area contributed by atoms with Crippen molar-refractivity contribution in [2.24, 2.45) is 5.73 Å². The van der Waals surface area contributed by atoms with Gasteiger partial charge < -0.3 is 10.2 Å². The summed E-state index contributed by atoms with van der Waals surface area (Å²) in [4.78, 5) is 0. The first-order valence-electron chi connectivity index (χ1n) is 5.26. The van der Waals surface area contributed by atoms with Gasteiger partial charge in [-0.05, 0) is 25.1 Å². The van der Waals surface area contributed by atoms with Gasteiger partial charge in [0.2, 0.25) is 0 Å². The molecule has 3 heteroatoms. The zero-order chi connectivity index (χ0) is 11.5. The van der Waals surface area contributed by atoms with Gasteiger partial charge in [0.15, 0.2) is 0 Å². The van der Waals surface area contributed by atoms with Crippen LogP contribution in [0.3, 0.4) is 0 Å². The number of hydrogen-bond acceptors (Lipinski definition) is 2. The molecule has 1 aromatic carbocycles. The Morgan fingerprint density at radius 3 is 2.69 bits per heavy atom. The zero-order valence-electron chi connectivity index (χ0n) is 9.11. The molecule has 0 saturated heterocycles. The predicted octanol–water partition coefficient (Wildman–Crippen LogP) is 3.60. The number of benzene rings is 1. The molecule has 2 N–H and O–H groups in total. The lowest BCUT2D eigenvalue weighted by Crippen LogP contribution is -2.17. The molecule has 16 heavy (non-hydrogen) atoms. The molecule has 0 amide bonds. The van der Waals surface area contributed by atoms with E-state index in [2.05, 4.69) is 15.9 Å². The minimum absolute atomic E-state index is 0.123. The Hall–Kier alpha value is -1.06. The number of hydrogen-bond donors (Lipinski definition) is 1. The van der Waals surface area contributed by atoms with Crippen LogP contribution in [-0.4, -0.2) is 6.04 Å². The molecule has 0 spiro atoms. The first-order valence-corrected chi connectivity index (χ1v) is 6.05. The van der Waals surface area contributed by atoms with E-state index >= 15 is 0 Å². The van der Waals surface area contributed by atoms with Gasteiger partial charge in [-0.2, -0.15) is 0 Å². The first-order chi connectivity index (χ1) is 7.66. The van der Waals surface area contributed by atoms with Crippen molar-refractivity contribution in [3.63, 3.8) is 0 Å². The number of rotatable bonds is 3. The summed E-state index contributed by atoms with van der Waals surface area (Å²) in [5.41, 5.74) is 6.80. The van der Waals surface area contributed by atoms with E-state index in [0.717, 1.165) is 28.0 Å². The monoisotopic (exact) mass is 279 g/mol. The fourth-order valence-corrected chi connectivity index (χ4v) is 2.09. The summed E-state index contributed by atoms with van der Waals surface area (Å²) in [6.07, 6.45) is 0.768. The van der Waals surface area contributed by atoms with Crippen LogP contribution in [-0.2, 0) is 6.42 Å². The SMILES string of the molecule is CC(N)Cc1ccc(-c2ccccc2Br)o1. The Labute approximate surface area is 104 Å². The Balaban J connectivity index is 2.28. The van der Waals surface area contributed by atoms with Crippen molar-refractivity contribution in [1.82, 2.24) is 0 Å². The van der Waals surface area contributed by atoms with Crippen molar-refractivity contribution in [1.29, 1.82) is 0 Å². The molecule has 84 valence electrons. The molecular formula is C13H14BrNO. The fourth-order valence-electron chi connectivity index (χ4n) is 1.61. The minimum atomic E-state index is 0.123. The Bertz CT molecular complexity index is 476. The van der Waals surface area contributed by atoms with Crippen molar-refractivity contribution >= 4 is 15.9 Å². The van der Waals surface area contributed by atoms with Gasteiger partial charge in [0.25, 0.3) is 0 Å². The van der Waals surface area contributed by atoms with Crippen LogP contribution in [0.4, 0.5) is 0 Å². The maximum absolute atomic E-state index is 5.75. The molecule has 0 aliphatic heterocycles. The highest BCUT2D eigenvalue weighted by Gasteiger charge is 2.08. The third kappa shape index (κ3) is 2.54. The van der Waals surface area contributed by atoms with Crippen molar-refractivity contribution in [2.75, 3.05) is 0 Å². The summed E-state index contributed by atoms with van der Waals surface area (Å²) in [5.74, 6) is 1.81. The molecule has 1 heterocycles. The van der Waals surface area contributed by atoms with Crippen molar-refractivity contribution < 1.29 is 4.42 Å². The van der Waals surface area contributed by atoms with E-state index in [-0.39, 0.29) is 6.04 Å². The summed E-state index contributed by atoms with van der Waals surface area (Å²) in [7, 11) is 0. The third-order valence-electron chi connectivity index (χ3n) is 2.32. The standard InChI is InChI=1S/C13H14BrNO/c1-9(15)8-10-6-7-13(16-10)11-4-2-3-5-12(11)14/h2-7,9H,8,15H2,1H3. The normalized spacial score (nSPS) is 12.7. The molecule has 0 aliphatic rings. The topological polar surface area (TPSA) is 39.2 Å². The lowest BCUT2D eigenvalue weighted by molar-refractivity contribution is 0.503. The summed E-state index contributed by atoms with van der Waals surface area (Å²) in [5, 5.41) is 0. The molecule has 0 bridgehead atoms. The predicted molar refractivity (Wildman–Crippen MR) is 69.2 cm³/mol. The highest BCUT2D eigenvalue weighted by atomic mass is 79.9. The lowest BCUT2D eigenvalue weighted by atomic mass is 10.2. The second kappa shape index (κ2) is 4.85. The Morgan fingerprint density at radius 1 is 1.25 bits per heavy atom. The van der Waals surface area contributed by atoms with E-state index in [4.69, 9.17) is 10.2 Å². The van der Waals surface area contributed by atoms with Crippen LogP contribution in [0.1, 0.15) is 12.7 Å². The second-order valence-corrected chi connectivity index (χ2v) is 4.78. The highest BCUT2D eigenvalue weighted by Crippen LogP contribution is 2.29. The van der Waals surface area contributed by atoms with Crippen molar-refractivity contribution in [3.05, 3.63) is 46.6 Å². The zero-order valence-corrected chi connectivity index (χ0v) is 10.7. The summed E-state index contributed by atoms with van der Waals surface area (Å²) < 4.78 is 6.79. The van der Waals surface area contributed by atoms with Crippen LogP contribution in [0, 0.1) is 0 Å². The average Bonchev–Trinajstić information content (AvgIpc) is 2.66. The Morgan fingerprint density at radius 2 is 2.00 bits per heavy atom. The van der Waals surface area contributed by atoms with Gasteiger partial charge in [0, 0.05) is 22.5 Å². The van der Waals surface area contributed by atoms with Crippen LogP contribution in [0.15, 0.2) is 45.3 Å². The summed E-state index contributed by atoms with van der Waals surface area (Å²) in [6.45, 7) is 1.97. The third-order valence-corrected chi connectivity index (χ3v) is 3.02. The van der Waals surface area contributed by atoms with Gasteiger partial charge in [0.1, 0.15) is 11.5 Å². The molecule has 2 aromatic rings. The second-order valence-electron chi connectivity index (χ2n) is 3.93. The van der Waals surface area contributed by atoms with Gasteiger partial charge in [-0.1, -0.05) is 34.1 Å². The molecule has 1 aromatic heterocycles. The van der Waals surface area contributed by atoms with Crippen LogP contribution < -0.4 is 5.73 Å². The molecule has 0 aliphatic carbocycles. The highest BCUT2D eigenvalue weighted by molar-refractivity contribution is 9.10. The van der Waals surface area contributed by atoms with Gasteiger partial charge >= 0.3 is 0 Å². The van der Waals surface area contributed by atoms with E-state index in [1.54, 1.807) is 0 Å². The van der Waals surface area contributed by atoms with Gasteiger partial charge in [-0.3, -0.25) is 0 Å². The van der Waals surface area contributed by atoms with Crippen LogP contribution in [0.25, 0.3) is 11.3 Å². The minimum Gasteiger partial charge on any atom is -0.461 e. The first kappa shape index (κ1) is 11.4. The maximum Gasteiger partial charge on any atom is 0.135 e. The van der Waals surface area contributed by atoms with E-state index in [0.29, 0.717) is 0 Å². The van der Waals surface area contributed by atoms with Crippen LogP contribution >= 0.6 is 15.9 Å². The van der Waals surface area contributed by atoms with E-state index in [9.17, 15) is 0 Å². The molecular weight excluding hydrogens is 266 g/mol. The number of halogens is 1. The summed E-state index contributed by atoms with van der Waals surface area (Å²) in [6, 6.07) is 12.1. The van der Waals surface area contributed by atoms with E-state index in [1.807, 2.05) is 43.3 Å². The average molecular weight is 280 g/mol. The molecule has 2 rings (SSSR count). The van der Waals surface area contributed by atoms with Gasteiger partial charge in [-0.25, -0.2) is 0 Å². The van der Waals surface area contributed by atoms with Crippen molar-refractivity contribution in [3.8, 4) is 11.3 Å². The lowest BCUT2D eigenvalue weighted by Gasteiger charge is -2.02. The van der Waals surface area contributed by atoms with Crippen molar-refractivity contribution in [2.45, 2.75) is 19.4 Å². The molecule has 0 saturated carbocycles. The molecule has 1 unspecified atom stereocenters. The van der Waals surface area contributed by atoms with E-state index < -0.39 is 0 Å². The Kier molecular flexibility index (Phi) is 3.46. The molecule has 2 nitrogen and oxygen atoms in total.